The molecule has 0 aliphatic heterocycles. The first-order valence-electron chi connectivity index (χ1n) is 11.6. The quantitative estimate of drug-likeness (QED) is 0.0700. The molecule has 2 rings (SSSR count). The van der Waals surface area contributed by atoms with Crippen LogP contribution in [0.3, 0.4) is 0 Å². The van der Waals surface area contributed by atoms with Gasteiger partial charge in [-0.1, -0.05) is 65.7 Å². The molecule has 0 aromatic heterocycles. The van der Waals surface area contributed by atoms with Gasteiger partial charge in [0.2, 0.25) is 0 Å². The zero-order chi connectivity index (χ0) is 28.3. The number of ether oxygens (including phenoxy) is 2. The molecule has 0 aliphatic carbocycles. The molecule has 0 unspecified atom stereocenters. The number of carbonyl (C=O) groups is 2. The average Bonchev–Trinajstić information content (AvgIpc) is 2.82. The van der Waals surface area contributed by atoms with Crippen LogP contribution < -0.4 is 0 Å². The topological polar surface area (TPSA) is 161 Å². The van der Waals surface area contributed by atoms with Crippen LogP contribution >= 0.6 is 0 Å². The van der Waals surface area contributed by atoms with Gasteiger partial charge in [0.25, 0.3) is 20.2 Å². The highest BCUT2D eigenvalue weighted by Gasteiger charge is 2.22. The van der Waals surface area contributed by atoms with Crippen molar-refractivity contribution in [2.24, 2.45) is 0 Å². The number of allylic oxidation sites excluding steroid dienone is 2. The predicted octanol–water partition coefficient (Wildman–Crippen LogP) is 3.30. The molecule has 0 atom stereocenters. The molecule has 12 heteroatoms. The molecule has 0 spiro atoms. The lowest BCUT2D eigenvalue weighted by molar-refractivity contribution is -0.147. The van der Waals surface area contributed by atoms with E-state index in [0.717, 1.165) is 22.3 Å². The Labute approximate surface area is 222 Å². The summed E-state index contributed by atoms with van der Waals surface area (Å²) in [5, 5.41) is 0. The van der Waals surface area contributed by atoms with Crippen LogP contribution in [0.1, 0.15) is 35.1 Å². The lowest BCUT2D eigenvalue weighted by atomic mass is 9.95. The maximum Gasteiger partial charge on any atom is 0.345 e. The van der Waals surface area contributed by atoms with Gasteiger partial charge in [0.1, 0.15) is 5.57 Å². The van der Waals surface area contributed by atoms with Gasteiger partial charge in [-0.05, 0) is 49.5 Å². The Morgan fingerprint density at radius 1 is 0.684 bits per heavy atom. The molecule has 0 bridgehead atoms. The average molecular weight is 567 g/mol. The Kier molecular flexibility index (Phi) is 11.4. The number of benzene rings is 2. The third-order valence-electron chi connectivity index (χ3n) is 5.14. The van der Waals surface area contributed by atoms with Crippen LogP contribution in [0, 0.1) is 13.8 Å². The number of hydrogen-bond donors (Lipinski definition) is 2. The monoisotopic (exact) mass is 566 g/mol. The molecule has 10 nitrogen and oxygen atoms in total. The van der Waals surface area contributed by atoms with Gasteiger partial charge in [-0.15, -0.1) is 0 Å². The van der Waals surface area contributed by atoms with E-state index in [-0.39, 0.29) is 12.8 Å². The second-order valence-electron chi connectivity index (χ2n) is 8.44. The van der Waals surface area contributed by atoms with Crippen molar-refractivity contribution in [2.75, 3.05) is 24.7 Å². The molecule has 2 aromatic carbocycles. The van der Waals surface area contributed by atoms with Crippen molar-refractivity contribution in [3.05, 3.63) is 88.5 Å². The smallest absolute Gasteiger partial charge is 0.345 e. The molecule has 38 heavy (non-hydrogen) atoms. The first kappa shape index (κ1) is 30.9. The third-order valence-corrected chi connectivity index (χ3v) is 6.75. The molecular formula is C26H30O10S2. The summed E-state index contributed by atoms with van der Waals surface area (Å²) in [6.07, 6.45) is 2.36. The van der Waals surface area contributed by atoms with Gasteiger partial charge in [0, 0.05) is 0 Å². The van der Waals surface area contributed by atoms with Gasteiger partial charge in [-0.3, -0.25) is 9.11 Å². The molecule has 0 saturated heterocycles. The highest BCUT2D eigenvalue weighted by molar-refractivity contribution is 7.86. The van der Waals surface area contributed by atoms with E-state index in [1.165, 1.54) is 6.08 Å². The Morgan fingerprint density at radius 2 is 1.05 bits per heavy atom. The molecule has 0 amide bonds. The Morgan fingerprint density at radius 3 is 1.39 bits per heavy atom. The summed E-state index contributed by atoms with van der Waals surface area (Å²) in [5.74, 6) is -3.46. The van der Waals surface area contributed by atoms with E-state index in [1.807, 2.05) is 62.4 Å². The molecule has 0 radical (unpaired) electrons. The van der Waals surface area contributed by atoms with E-state index in [9.17, 15) is 26.4 Å². The van der Waals surface area contributed by atoms with Gasteiger partial charge in [-0.25, -0.2) is 9.59 Å². The molecule has 2 N–H and O–H groups in total. The Bertz CT molecular complexity index is 1290. The van der Waals surface area contributed by atoms with Crippen LogP contribution in [0.5, 0.6) is 0 Å². The van der Waals surface area contributed by atoms with Crippen molar-refractivity contribution < 1.29 is 45.0 Å². The van der Waals surface area contributed by atoms with Crippen molar-refractivity contribution in [1.29, 1.82) is 0 Å². The van der Waals surface area contributed by atoms with Crippen molar-refractivity contribution in [2.45, 2.75) is 26.7 Å². The molecule has 0 saturated carbocycles. The minimum atomic E-state index is -4.25. The van der Waals surface area contributed by atoms with E-state index < -0.39 is 62.5 Å². The van der Waals surface area contributed by atoms with Crippen molar-refractivity contribution in [1.82, 2.24) is 0 Å². The highest BCUT2D eigenvalue weighted by atomic mass is 32.2. The normalized spacial score (nSPS) is 11.4. The third kappa shape index (κ3) is 11.4. The number of carbonyl (C=O) groups excluding carboxylic acids is 2. The zero-order valence-electron chi connectivity index (χ0n) is 21.0. The van der Waals surface area contributed by atoms with Crippen LogP contribution in [0.15, 0.2) is 66.3 Å². The number of hydrogen-bond acceptors (Lipinski definition) is 8. The molecule has 0 aliphatic rings. The summed E-state index contributed by atoms with van der Waals surface area (Å²) in [7, 11) is -8.50. The highest BCUT2D eigenvalue weighted by Crippen LogP contribution is 2.25. The standard InChI is InChI=1S/C26H30O10S2/c1-19-5-9-21(10-6-19)23(22-11-7-20(2)8-12-22)13-14-24(25(27)35-15-3-17-37(29,30)31)26(28)36-16-4-18-38(32,33)34/h5-14H,3-4,15-18H2,1-2H3,(H,29,30,31)(H,32,33,34). The fourth-order valence-corrected chi connectivity index (χ4v) is 4.14. The lowest BCUT2D eigenvalue weighted by Crippen LogP contribution is -2.20. The Balaban J connectivity index is 2.39. The van der Waals surface area contributed by atoms with Crippen molar-refractivity contribution in [3.63, 3.8) is 0 Å². The van der Waals surface area contributed by atoms with E-state index in [0.29, 0.717) is 5.57 Å². The summed E-state index contributed by atoms with van der Waals surface area (Å²) >= 11 is 0. The largest absolute Gasteiger partial charge is 0.462 e. The number of esters is 2. The van der Waals surface area contributed by atoms with Crippen LogP contribution in [0.25, 0.3) is 5.57 Å². The van der Waals surface area contributed by atoms with Gasteiger partial charge >= 0.3 is 11.9 Å². The molecule has 0 fully saturated rings. The molecule has 2 aromatic rings. The summed E-state index contributed by atoms with van der Waals surface area (Å²) in [6, 6.07) is 15.2. The van der Waals surface area contributed by atoms with E-state index in [1.54, 1.807) is 6.08 Å². The van der Waals surface area contributed by atoms with Crippen LogP contribution in [0.2, 0.25) is 0 Å². The van der Waals surface area contributed by atoms with Gasteiger partial charge in [0.05, 0.1) is 24.7 Å². The lowest BCUT2D eigenvalue weighted by Gasteiger charge is -2.11. The number of rotatable bonds is 13. The molecule has 0 heterocycles. The molecule has 206 valence electrons. The summed E-state index contributed by atoms with van der Waals surface area (Å²) < 4.78 is 71.2. The van der Waals surface area contributed by atoms with Crippen LogP contribution in [-0.2, 0) is 39.3 Å². The van der Waals surface area contributed by atoms with Crippen LogP contribution in [-0.4, -0.2) is 62.6 Å². The Hall–Kier alpha value is -3.32. The first-order chi connectivity index (χ1) is 17.7. The fourth-order valence-electron chi connectivity index (χ4n) is 3.18. The minimum absolute atomic E-state index is 0.199. The zero-order valence-corrected chi connectivity index (χ0v) is 22.6. The van der Waals surface area contributed by atoms with Crippen molar-refractivity contribution >= 4 is 37.7 Å². The van der Waals surface area contributed by atoms with Gasteiger partial charge in [-0.2, -0.15) is 16.8 Å². The summed E-state index contributed by atoms with van der Waals surface area (Å²) in [4.78, 5) is 25.4. The van der Waals surface area contributed by atoms with Gasteiger partial charge in [0.15, 0.2) is 0 Å². The van der Waals surface area contributed by atoms with Crippen LogP contribution in [0.4, 0.5) is 0 Å². The van der Waals surface area contributed by atoms with E-state index in [2.05, 4.69) is 0 Å². The number of aryl methyl sites for hydroxylation is 2. The first-order valence-corrected chi connectivity index (χ1v) is 14.8. The maximum atomic E-state index is 12.7. The predicted molar refractivity (Wildman–Crippen MR) is 142 cm³/mol. The second-order valence-corrected chi connectivity index (χ2v) is 11.6. The van der Waals surface area contributed by atoms with Crippen molar-refractivity contribution in [3.8, 4) is 0 Å². The second kappa shape index (κ2) is 14.0. The fraction of sp³-hybridized carbons (Fsp3) is 0.308. The summed E-state index contributed by atoms with van der Waals surface area (Å²) in [6.45, 7) is 3.09. The maximum absolute atomic E-state index is 12.7. The SMILES string of the molecule is Cc1ccc(C(=CC=C(C(=O)OCCCS(=O)(=O)O)C(=O)OCCCS(=O)(=O)O)c2ccc(C)cc2)cc1. The van der Waals surface area contributed by atoms with E-state index in [4.69, 9.17) is 18.6 Å². The summed E-state index contributed by atoms with van der Waals surface area (Å²) in [5.41, 5.74) is 3.85. The van der Waals surface area contributed by atoms with E-state index >= 15 is 0 Å². The minimum Gasteiger partial charge on any atom is -0.462 e. The molecular weight excluding hydrogens is 536 g/mol. The van der Waals surface area contributed by atoms with Gasteiger partial charge < -0.3 is 9.47 Å².